The monoisotopic (exact) mass is 438 g/mol. The van der Waals surface area contributed by atoms with Crippen molar-refractivity contribution in [3.05, 3.63) is 90.0 Å². The summed E-state index contributed by atoms with van der Waals surface area (Å²) in [5.41, 5.74) is 10.6. The summed E-state index contributed by atoms with van der Waals surface area (Å²) in [6.45, 7) is 2.64. The van der Waals surface area contributed by atoms with Gasteiger partial charge in [-0.2, -0.15) is 0 Å². The van der Waals surface area contributed by atoms with Gasteiger partial charge < -0.3 is 15.2 Å². The Morgan fingerprint density at radius 1 is 0.909 bits per heavy atom. The first-order valence-electron chi connectivity index (χ1n) is 10.7. The molecule has 7 nitrogen and oxygen atoms in total. The number of ether oxygens (including phenoxy) is 2. The fourth-order valence-corrected chi connectivity index (χ4v) is 3.78. The molecule has 5 aromatic rings. The van der Waals surface area contributed by atoms with Gasteiger partial charge in [0.1, 0.15) is 29.3 Å². The van der Waals surface area contributed by atoms with Gasteiger partial charge in [-0.3, -0.25) is 4.57 Å². The number of anilines is 1. The van der Waals surface area contributed by atoms with E-state index in [4.69, 9.17) is 25.2 Å². The summed E-state index contributed by atoms with van der Waals surface area (Å²) in [5, 5.41) is 0. The number of benzene rings is 3. The minimum atomic E-state index is -0.546. The van der Waals surface area contributed by atoms with Gasteiger partial charge in [0.15, 0.2) is 5.65 Å². The van der Waals surface area contributed by atoms with Gasteiger partial charge >= 0.3 is 5.97 Å². The maximum atomic E-state index is 13.2. The van der Waals surface area contributed by atoms with Crippen LogP contribution in [0.5, 0.6) is 5.75 Å². The van der Waals surface area contributed by atoms with E-state index in [9.17, 15) is 4.79 Å². The van der Waals surface area contributed by atoms with E-state index in [1.165, 1.54) is 0 Å². The number of nitrogens with two attached hydrogens (primary N) is 1. The maximum absolute atomic E-state index is 13.2. The summed E-state index contributed by atoms with van der Waals surface area (Å²) in [6, 6.07) is 24.4. The smallest absolute Gasteiger partial charge is 0.344 e. The molecule has 164 valence electrons. The number of esters is 1. The number of carbonyl (C=O) groups excluding carboxylic acids is 1. The van der Waals surface area contributed by atoms with Crippen LogP contribution in [-0.2, 0) is 11.3 Å². The lowest BCUT2D eigenvalue weighted by molar-refractivity contribution is 0.0476. The summed E-state index contributed by atoms with van der Waals surface area (Å²) in [6.07, 6.45) is 0. The van der Waals surface area contributed by atoms with E-state index in [2.05, 4.69) is 0 Å². The SMILES string of the molecule is CCOc1ccc(-n2c(N)c(C(=O)OCc3ccccc3)c3nc4ccccc4nc32)cc1. The van der Waals surface area contributed by atoms with Gasteiger partial charge in [0, 0.05) is 5.69 Å². The normalized spacial score (nSPS) is 11.1. The second kappa shape index (κ2) is 8.63. The molecule has 7 heteroatoms. The largest absolute Gasteiger partial charge is 0.494 e. The Bertz CT molecular complexity index is 1440. The lowest BCUT2D eigenvalue weighted by atomic mass is 10.2. The Hall–Kier alpha value is -4.39. The quantitative estimate of drug-likeness (QED) is 0.379. The molecule has 0 bridgehead atoms. The molecule has 2 heterocycles. The number of fused-ring (bicyclic) bond motifs is 2. The molecule has 0 atom stereocenters. The van der Waals surface area contributed by atoms with Gasteiger partial charge in [-0.25, -0.2) is 14.8 Å². The summed E-state index contributed by atoms with van der Waals surface area (Å²) >= 11 is 0. The third-order valence-electron chi connectivity index (χ3n) is 5.32. The summed E-state index contributed by atoms with van der Waals surface area (Å²) in [4.78, 5) is 22.7. The van der Waals surface area contributed by atoms with Crippen molar-refractivity contribution in [1.29, 1.82) is 0 Å². The Balaban J connectivity index is 1.64. The molecular weight excluding hydrogens is 416 g/mol. The first kappa shape index (κ1) is 20.5. The topological polar surface area (TPSA) is 92.3 Å². The van der Waals surface area contributed by atoms with Crippen LogP contribution in [0, 0.1) is 0 Å². The molecule has 0 saturated heterocycles. The van der Waals surface area contributed by atoms with Crippen LogP contribution in [0.15, 0.2) is 78.9 Å². The zero-order chi connectivity index (χ0) is 22.8. The molecule has 0 fully saturated rings. The molecule has 2 aromatic heterocycles. The summed E-state index contributed by atoms with van der Waals surface area (Å²) in [7, 11) is 0. The van der Waals surface area contributed by atoms with Crippen LogP contribution in [0.25, 0.3) is 27.9 Å². The molecule has 0 radical (unpaired) electrons. The van der Waals surface area contributed by atoms with E-state index in [0.717, 1.165) is 17.0 Å². The molecule has 0 aliphatic rings. The van der Waals surface area contributed by atoms with Crippen molar-refractivity contribution < 1.29 is 14.3 Å². The molecule has 0 saturated carbocycles. The van der Waals surface area contributed by atoms with Crippen molar-refractivity contribution >= 4 is 34.0 Å². The molecule has 2 N–H and O–H groups in total. The number of rotatable bonds is 6. The number of hydrogen-bond acceptors (Lipinski definition) is 6. The number of para-hydroxylation sites is 2. The van der Waals surface area contributed by atoms with Crippen LogP contribution in [0.4, 0.5) is 5.82 Å². The lowest BCUT2D eigenvalue weighted by Gasteiger charge is -2.09. The highest BCUT2D eigenvalue weighted by Gasteiger charge is 2.26. The van der Waals surface area contributed by atoms with Crippen molar-refractivity contribution in [1.82, 2.24) is 14.5 Å². The van der Waals surface area contributed by atoms with E-state index in [-0.39, 0.29) is 18.0 Å². The second-order valence-corrected chi connectivity index (χ2v) is 7.47. The summed E-state index contributed by atoms with van der Waals surface area (Å²) in [5.74, 6) is 0.424. The van der Waals surface area contributed by atoms with Gasteiger partial charge in [-0.05, 0) is 48.9 Å². The van der Waals surface area contributed by atoms with Crippen molar-refractivity contribution in [3.8, 4) is 11.4 Å². The number of hydrogen-bond donors (Lipinski definition) is 1. The maximum Gasteiger partial charge on any atom is 0.344 e. The molecule has 0 unspecified atom stereocenters. The molecule has 3 aromatic carbocycles. The average Bonchev–Trinajstić information content (AvgIpc) is 3.13. The Morgan fingerprint density at radius 2 is 1.58 bits per heavy atom. The molecule has 0 aliphatic carbocycles. The Kier molecular flexibility index (Phi) is 5.36. The molecule has 5 rings (SSSR count). The first-order valence-corrected chi connectivity index (χ1v) is 10.7. The lowest BCUT2D eigenvalue weighted by Crippen LogP contribution is -2.09. The number of carbonyl (C=O) groups is 1. The third kappa shape index (κ3) is 3.85. The van der Waals surface area contributed by atoms with E-state index < -0.39 is 5.97 Å². The zero-order valence-corrected chi connectivity index (χ0v) is 18.1. The molecule has 0 amide bonds. The van der Waals surface area contributed by atoms with Gasteiger partial charge in [0.25, 0.3) is 0 Å². The van der Waals surface area contributed by atoms with Gasteiger partial charge in [-0.15, -0.1) is 0 Å². The molecular formula is C26H22N4O3. The second-order valence-electron chi connectivity index (χ2n) is 7.47. The van der Waals surface area contributed by atoms with Crippen LogP contribution >= 0.6 is 0 Å². The van der Waals surface area contributed by atoms with E-state index in [1.54, 1.807) is 4.57 Å². The van der Waals surface area contributed by atoms with Gasteiger partial charge in [0.05, 0.1) is 17.6 Å². The standard InChI is InChI=1S/C26H22N4O3/c1-2-32-19-14-12-18(13-15-19)30-24(27)22(26(31)33-16-17-8-4-3-5-9-17)23-25(30)29-21-11-7-6-10-20(21)28-23/h3-15H,2,16,27H2,1H3. The van der Waals surface area contributed by atoms with Crippen LogP contribution in [-0.4, -0.2) is 27.1 Å². The zero-order valence-electron chi connectivity index (χ0n) is 18.1. The fraction of sp³-hybridized carbons (Fsp3) is 0.115. The third-order valence-corrected chi connectivity index (χ3v) is 5.32. The van der Waals surface area contributed by atoms with Crippen LogP contribution in [0.3, 0.4) is 0 Å². The predicted octanol–water partition coefficient (Wildman–Crippen LogP) is 4.91. The van der Waals surface area contributed by atoms with Crippen LogP contribution < -0.4 is 10.5 Å². The molecule has 0 aliphatic heterocycles. The number of nitrogen functional groups attached to an aromatic ring is 1. The van der Waals surface area contributed by atoms with Crippen LogP contribution in [0.1, 0.15) is 22.8 Å². The van der Waals surface area contributed by atoms with Gasteiger partial charge in [0.2, 0.25) is 0 Å². The highest BCUT2D eigenvalue weighted by atomic mass is 16.5. The predicted molar refractivity (Wildman–Crippen MR) is 128 cm³/mol. The van der Waals surface area contributed by atoms with Gasteiger partial charge in [-0.1, -0.05) is 42.5 Å². The number of nitrogens with zero attached hydrogens (tertiary/aromatic N) is 3. The fourth-order valence-electron chi connectivity index (χ4n) is 3.78. The summed E-state index contributed by atoms with van der Waals surface area (Å²) < 4.78 is 12.9. The van der Waals surface area contributed by atoms with E-state index >= 15 is 0 Å². The van der Waals surface area contributed by atoms with E-state index in [1.807, 2.05) is 85.8 Å². The van der Waals surface area contributed by atoms with Crippen molar-refractivity contribution in [2.45, 2.75) is 13.5 Å². The van der Waals surface area contributed by atoms with Crippen molar-refractivity contribution in [2.75, 3.05) is 12.3 Å². The molecule has 0 spiro atoms. The minimum Gasteiger partial charge on any atom is -0.494 e. The minimum absolute atomic E-state index is 0.135. The van der Waals surface area contributed by atoms with Crippen molar-refractivity contribution in [2.24, 2.45) is 0 Å². The first-order chi connectivity index (χ1) is 16.2. The number of aromatic nitrogens is 3. The van der Waals surface area contributed by atoms with Crippen molar-refractivity contribution in [3.63, 3.8) is 0 Å². The Morgan fingerprint density at radius 3 is 2.27 bits per heavy atom. The highest BCUT2D eigenvalue weighted by molar-refractivity contribution is 6.09. The molecule has 33 heavy (non-hydrogen) atoms. The highest BCUT2D eigenvalue weighted by Crippen LogP contribution is 2.32. The van der Waals surface area contributed by atoms with Crippen LogP contribution in [0.2, 0.25) is 0 Å². The Labute approximate surface area is 190 Å². The average molecular weight is 438 g/mol. The van der Waals surface area contributed by atoms with E-state index in [0.29, 0.717) is 28.8 Å².